The number of nitro groups is 1. The van der Waals surface area contributed by atoms with Crippen molar-refractivity contribution < 1.29 is 24.0 Å². The minimum absolute atomic E-state index is 0.0304. The second-order valence-corrected chi connectivity index (χ2v) is 7.31. The number of nitrogens with zero attached hydrogens (tertiary/aromatic N) is 1. The van der Waals surface area contributed by atoms with Crippen LogP contribution in [-0.2, 0) is 25.5 Å². The zero-order valence-electron chi connectivity index (χ0n) is 18.7. The van der Waals surface area contributed by atoms with E-state index in [0.717, 1.165) is 25.7 Å². The van der Waals surface area contributed by atoms with Crippen molar-refractivity contribution in [3.05, 3.63) is 45.5 Å². The van der Waals surface area contributed by atoms with Gasteiger partial charge < -0.3 is 15.2 Å². The number of hydrogen-bond acceptors (Lipinski definition) is 7. The monoisotopic (exact) mass is 434 g/mol. The predicted molar refractivity (Wildman–Crippen MR) is 119 cm³/mol. The summed E-state index contributed by atoms with van der Waals surface area (Å²) in [5.74, 6) is -1.74. The Kier molecular flexibility index (Phi) is 11.5. The van der Waals surface area contributed by atoms with Crippen molar-refractivity contribution in [1.82, 2.24) is 0 Å². The Morgan fingerprint density at radius 2 is 1.74 bits per heavy atom. The topological polar surface area (TPSA) is 122 Å². The Morgan fingerprint density at radius 3 is 2.29 bits per heavy atom. The SMILES string of the molecule is CCCCCC/C=C/c1ccc(CCC(N)(C(=O)OCC)C(=O)OCC)cc1[N+](=O)[O-]. The molecule has 0 saturated carbocycles. The molecular formula is C23H34N2O6. The molecule has 0 aliphatic rings. The third-order valence-corrected chi connectivity index (χ3v) is 4.90. The quantitative estimate of drug-likeness (QED) is 0.152. The number of benzene rings is 1. The molecule has 0 aromatic heterocycles. The van der Waals surface area contributed by atoms with Crippen molar-refractivity contribution in [2.75, 3.05) is 13.2 Å². The number of nitrogens with two attached hydrogens (primary N) is 1. The van der Waals surface area contributed by atoms with Crippen LogP contribution in [0.4, 0.5) is 5.69 Å². The second kappa shape index (κ2) is 13.5. The molecule has 2 N–H and O–H groups in total. The summed E-state index contributed by atoms with van der Waals surface area (Å²) < 4.78 is 9.88. The number of carbonyl (C=O) groups excluding carboxylic acids is 2. The van der Waals surface area contributed by atoms with Gasteiger partial charge in [0.15, 0.2) is 0 Å². The average Bonchev–Trinajstić information content (AvgIpc) is 2.75. The normalized spacial score (nSPS) is 11.5. The van der Waals surface area contributed by atoms with Crippen LogP contribution in [0.5, 0.6) is 0 Å². The molecule has 8 nitrogen and oxygen atoms in total. The molecule has 0 heterocycles. The molecule has 0 aliphatic heterocycles. The molecule has 0 atom stereocenters. The van der Waals surface area contributed by atoms with E-state index in [4.69, 9.17) is 15.2 Å². The van der Waals surface area contributed by atoms with Crippen LogP contribution in [0.2, 0.25) is 0 Å². The van der Waals surface area contributed by atoms with E-state index in [1.807, 2.05) is 6.08 Å². The second-order valence-electron chi connectivity index (χ2n) is 7.31. The highest BCUT2D eigenvalue weighted by molar-refractivity contribution is 6.04. The molecule has 0 saturated heterocycles. The molecule has 8 heteroatoms. The van der Waals surface area contributed by atoms with Crippen LogP contribution in [-0.4, -0.2) is 35.6 Å². The first kappa shape index (κ1) is 26.3. The Morgan fingerprint density at radius 1 is 1.10 bits per heavy atom. The Hall–Kier alpha value is -2.74. The van der Waals surface area contributed by atoms with E-state index < -0.39 is 22.4 Å². The van der Waals surface area contributed by atoms with Gasteiger partial charge in [-0.2, -0.15) is 0 Å². The van der Waals surface area contributed by atoms with Gasteiger partial charge in [-0.3, -0.25) is 10.1 Å². The molecule has 0 radical (unpaired) electrons. The number of rotatable bonds is 14. The number of esters is 2. The number of carbonyl (C=O) groups is 2. The highest BCUT2D eigenvalue weighted by Gasteiger charge is 2.44. The Balaban J connectivity index is 2.95. The fraction of sp³-hybridized carbons (Fsp3) is 0.565. The van der Waals surface area contributed by atoms with E-state index in [2.05, 4.69) is 6.92 Å². The molecule has 0 amide bonds. The van der Waals surface area contributed by atoms with Crippen LogP contribution in [0.15, 0.2) is 24.3 Å². The van der Waals surface area contributed by atoms with Crippen molar-refractivity contribution in [3.8, 4) is 0 Å². The van der Waals surface area contributed by atoms with Crippen molar-refractivity contribution in [1.29, 1.82) is 0 Å². The first-order chi connectivity index (χ1) is 14.8. The van der Waals surface area contributed by atoms with Gasteiger partial charge in [0.1, 0.15) is 0 Å². The van der Waals surface area contributed by atoms with Crippen molar-refractivity contribution in [2.24, 2.45) is 5.73 Å². The lowest BCUT2D eigenvalue weighted by molar-refractivity contribution is -0.385. The lowest BCUT2D eigenvalue weighted by atomic mass is 9.91. The van der Waals surface area contributed by atoms with Gasteiger partial charge in [-0.1, -0.05) is 44.4 Å². The lowest BCUT2D eigenvalue weighted by Crippen LogP contribution is -2.57. The summed E-state index contributed by atoms with van der Waals surface area (Å²) in [6.07, 6.45) is 9.21. The molecule has 1 rings (SSSR count). The van der Waals surface area contributed by atoms with Crippen molar-refractivity contribution in [3.63, 3.8) is 0 Å². The highest BCUT2D eigenvalue weighted by atomic mass is 16.6. The van der Waals surface area contributed by atoms with E-state index >= 15 is 0 Å². The Bertz CT molecular complexity index is 757. The minimum atomic E-state index is -1.96. The van der Waals surface area contributed by atoms with E-state index in [1.54, 1.807) is 32.1 Å². The first-order valence-electron chi connectivity index (χ1n) is 10.9. The summed E-state index contributed by atoms with van der Waals surface area (Å²) in [6.45, 7) is 5.52. The maximum Gasteiger partial charge on any atom is 0.337 e. The smallest absolute Gasteiger partial charge is 0.337 e. The maximum absolute atomic E-state index is 12.3. The lowest BCUT2D eigenvalue weighted by Gasteiger charge is -2.24. The third-order valence-electron chi connectivity index (χ3n) is 4.90. The number of unbranched alkanes of at least 4 members (excludes halogenated alkanes) is 4. The summed E-state index contributed by atoms with van der Waals surface area (Å²) in [6, 6.07) is 4.86. The highest BCUT2D eigenvalue weighted by Crippen LogP contribution is 2.25. The van der Waals surface area contributed by atoms with Gasteiger partial charge in [-0.05, 0) is 51.2 Å². The van der Waals surface area contributed by atoms with Gasteiger partial charge >= 0.3 is 11.9 Å². The average molecular weight is 435 g/mol. The summed E-state index contributed by atoms with van der Waals surface area (Å²) in [5, 5.41) is 11.5. The van der Waals surface area contributed by atoms with Gasteiger partial charge in [-0.25, -0.2) is 9.59 Å². The number of aryl methyl sites for hydroxylation is 1. The molecule has 0 aliphatic carbocycles. The Labute approximate surface area is 183 Å². The van der Waals surface area contributed by atoms with E-state index in [1.165, 1.54) is 12.5 Å². The van der Waals surface area contributed by atoms with Crippen LogP contribution in [0.1, 0.15) is 70.4 Å². The first-order valence-corrected chi connectivity index (χ1v) is 10.9. The summed E-state index contributed by atoms with van der Waals surface area (Å²) >= 11 is 0. The molecule has 0 spiro atoms. The molecule has 1 aromatic rings. The van der Waals surface area contributed by atoms with Crippen LogP contribution in [0.3, 0.4) is 0 Å². The molecule has 1 aromatic carbocycles. The van der Waals surface area contributed by atoms with Gasteiger partial charge in [0.05, 0.1) is 23.7 Å². The minimum Gasteiger partial charge on any atom is -0.464 e. The fourth-order valence-electron chi connectivity index (χ4n) is 3.09. The number of ether oxygens (including phenoxy) is 2. The van der Waals surface area contributed by atoms with Crippen molar-refractivity contribution >= 4 is 23.7 Å². The van der Waals surface area contributed by atoms with E-state index in [9.17, 15) is 19.7 Å². The largest absolute Gasteiger partial charge is 0.464 e. The van der Waals surface area contributed by atoms with Gasteiger partial charge in [0, 0.05) is 6.07 Å². The molecule has 172 valence electrons. The standard InChI is InChI=1S/C23H34N2O6/c1-4-7-8-9-10-11-12-19-14-13-18(17-20(19)25(28)29)15-16-23(24,21(26)30-5-2)22(27)31-6-3/h11-14,17H,4-10,15-16,24H2,1-3H3/b12-11+. The van der Waals surface area contributed by atoms with Crippen LogP contribution in [0.25, 0.3) is 6.08 Å². The van der Waals surface area contributed by atoms with Crippen LogP contribution in [0, 0.1) is 10.1 Å². The predicted octanol–water partition coefficient (Wildman–Crippen LogP) is 4.33. The molecular weight excluding hydrogens is 400 g/mol. The zero-order chi connectivity index (χ0) is 23.3. The van der Waals surface area contributed by atoms with Crippen LogP contribution >= 0.6 is 0 Å². The zero-order valence-corrected chi connectivity index (χ0v) is 18.7. The summed E-state index contributed by atoms with van der Waals surface area (Å²) in [5.41, 5.74) is 5.17. The van der Waals surface area contributed by atoms with E-state index in [0.29, 0.717) is 11.1 Å². The summed E-state index contributed by atoms with van der Waals surface area (Å²) in [4.78, 5) is 35.7. The molecule has 31 heavy (non-hydrogen) atoms. The molecule has 0 unspecified atom stereocenters. The van der Waals surface area contributed by atoms with Gasteiger partial charge in [0.2, 0.25) is 5.54 Å². The fourth-order valence-corrected chi connectivity index (χ4v) is 3.09. The number of allylic oxidation sites excluding steroid dienone is 1. The van der Waals surface area contributed by atoms with Crippen molar-refractivity contribution in [2.45, 2.75) is 71.3 Å². The van der Waals surface area contributed by atoms with Gasteiger partial charge in [0.25, 0.3) is 5.69 Å². The summed E-state index contributed by atoms with van der Waals surface area (Å²) in [7, 11) is 0. The van der Waals surface area contributed by atoms with Gasteiger partial charge in [-0.15, -0.1) is 0 Å². The molecule has 0 bridgehead atoms. The van der Waals surface area contributed by atoms with E-state index in [-0.39, 0.29) is 31.7 Å². The number of hydrogen-bond donors (Lipinski definition) is 1. The van der Waals surface area contributed by atoms with Crippen LogP contribution < -0.4 is 5.73 Å². The maximum atomic E-state index is 12.3. The molecule has 0 fully saturated rings. The third kappa shape index (κ3) is 8.13. The number of nitro benzene ring substituents is 1.